The smallest absolute Gasteiger partial charge is 0.433 e. The number of hydrogen-bond acceptors (Lipinski definition) is 4. The van der Waals surface area contributed by atoms with E-state index in [9.17, 15) is 22.8 Å². The van der Waals surface area contributed by atoms with Crippen molar-refractivity contribution in [2.45, 2.75) is 38.6 Å². The van der Waals surface area contributed by atoms with E-state index < -0.39 is 41.5 Å². The third kappa shape index (κ3) is 3.86. The Labute approximate surface area is 136 Å². The molecule has 1 atom stereocenters. The number of rotatable bonds is 4. The molecule has 1 fully saturated rings. The molecule has 0 bridgehead atoms. The van der Waals surface area contributed by atoms with Gasteiger partial charge in [0, 0.05) is 19.1 Å². The summed E-state index contributed by atoms with van der Waals surface area (Å²) in [6, 6.07) is -0.562. The number of carboxylic acids is 1. The average molecular weight is 349 g/mol. The van der Waals surface area contributed by atoms with E-state index in [1.54, 1.807) is 0 Å². The molecule has 2 rings (SSSR count). The fourth-order valence-corrected chi connectivity index (χ4v) is 2.59. The molecule has 1 aromatic rings. The minimum absolute atomic E-state index is 0.0728. The zero-order chi connectivity index (χ0) is 18.1. The minimum Gasteiger partial charge on any atom is -0.481 e. The topological polar surface area (TPSA) is 84.7 Å². The molecule has 1 aliphatic heterocycles. The number of hydrogen-bond donors (Lipinski definition) is 1. The van der Waals surface area contributed by atoms with Gasteiger partial charge in [-0.15, -0.1) is 0 Å². The highest BCUT2D eigenvalue weighted by Gasteiger charge is 2.42. The second-order valence-electron chi connectivity index (χ2n) is 5.78. The molecule has 2 heterocycles. The van der Waals surface area contributed by atoms with E-state index in [1.807, 2.05) is 0 Å². The van der Waals surface area contributed by atoms with Crippen LogP contribution in [0.25, 0.3) is 0 Å². The lowest BCUT2D eigenvalue weighted by Crippen LogP contribution is -2.46. The monoisotopic (exact) mass is 349 g/mol. The molecule has 24 heavy (non-hydrogen) atoms. The Morgan fingerprint density at radius 3 is 2.67 bits per heavy atom. The van der Waals surface area contributed by atoms with Crippen LogP contribution in [0.5, 0.6) is 0 Å². The van der Waals surface area contributed by atoms with Crippen LogP contribution in [0.4, 0.5) is 13.2 Å². The quantitative estimate of drug-likeness (QED) is 0.896. The summed E-state index contributed by atoms with van der Waals surface area (Å²) in [4.78, 5) is 24.4. The average Bonchev–Trinajstić information content (AvgIpc) is 2.91. The Morgan fingerprint density at radius 1 is 1.46 bits per heavy atom. The van der Waals surface area contributed by atoms with E-state index in [0.717, 1.165) is 10.9 Å². The van der Waals surface area contributed by atoms with E-state index in [0.29, 0.717) is 0 Å². The molecule has 0 saturated carbocycles. The summed E-state index contributed by atoms with van der Waals surface area (Å²) in [6.45, 7) is 3.17. The fourth-order valence-electron chi connectivity index (χ4n) is 2.59. The van der Waals surface area contributed by atoms with Crippen LogP contribution in [-0.4, -0.2) is 57.5 Å². The van der Waals surface area contributed by atoms with Crippen LogP contribution >= 0.6 is 0 Å². The van der Waals surface area contributed by atoms with Crippen LogP contribution in [0.15, 0.2) is 6.20 Å². The lowest BCUT2D eigenvalue weighted by atomic mass is 10.1. The number of halogens is 3. The Bertz CT molecular complexity index is 627. The molecule has 0 unspecified atom stereocenters. The standard InChI is InChI=1S/C14H18F3N3O4/c1-8(2)20-12(14(15,16)17)10(6-18-20)13(23)19-3-4-24-9(7-19)5-11(21)22/h6,8-9H,3-5,7H2,1-2H3,(H,21,22)/t9-/m0/s1. The highest BCUT2D eigenvalue weighted by atomic mass is 19.4. The van der Waals surface area contributed by atoms with E-state index in [1.165, 1.54) is 18.7 Å². The van der Waals surface area contributed by atoms with Gasteiger partial charge >= 0.3 is 12.1 Å². The largest absolute Gasteiger partial charge is 0.481 e. The highest BCUT2D eigenvalue weighted by molar-refractivity contribution is 5.95. The van der Waals surface area contributed by atoms with Crippen molar-refractivity contribution in [1.82, 2.24) is 14.7 Å². The molecule has 0 radical (unpaired) electrons. The number of carbonyl (C=O) groups is 2. The lowest BCUT2D eigenvalue weighted by molar-refractivity contribution is -0.145. The summed E-state index contributed by atoms with van der Waals surface area (Å²) in [5.74, 6) is -1.93. The number of aromatic nitrogens is 2. The van der Waals surface area contributed by atoms with Gasteiger partial charge in [-0.05, 0) is 13.8 Å². The molecule has 134 valence electrons. The van der Waals surface area contributed by atoms with Gasteiger partial charge < -0.3 is 14.7 Å². The van der Waals surface area contributed by atoms with Crippen molar-refractivity contribution < 1.29 is 32.6 Å². The van der Waals surface area contributed by atoms with Crippen molar-refractivity contribution >= 4 is 11.9 Å². The van der Waals surface area contributed by atoms with E-state index in [2.05, 4.69) is 5.10 Å². The van der Waals surface area contributed by atoms with Gasteiger partial charge in [-0.1, -0.05) is 0 Å². The number of morpholine rings is 1. The first-order valence-electron chi connectivity index (χ1n) is 7.38. The maximum atomic E-state index is 13.3. The minimum atomic E-state index is -4.72. The molecule has 1 amide bonds. The molecule has 1 aromatic heterocycles. The predicted octanol–water partition coefficient (Wildman–Crippen LogP) is 1.80. The summed E-state index contributed by atoms with van der Waals surface area (Å²) < 4.78 is 46.0. The SMILES string of the molecule is CC(C)n1ncc(C(=O)N2CCO[C@@H](CC(=O)O)C2)c1C(F)(F)F. The van der Waals surface area contributed by atoms with Crippen LogP contribution in [0.1, 0.15) is 42.4 Å². The van der Waals surface area contributed by atoms with Crippen molar-refractivity contribution in [3.63, 3.8) is 0 Å². The third-order valence-electron chi connectivity index (χ3n) is 3.61. The molecule has 0 spiro atoms. The van der Waals surface area contributed by atoms with Gasteiger partial charge in [0.15, 0.2) is 5.69 Å². The number of alkyl halides is 3. The molecule has 0 aromatic carbocycles. The van der Waals surface area contributed by atoms with Gasteiger partial charge in [0.2, 0.25) is 0 Å². The number of ether oxygens (including phenoxy) is 1. The first-order valence-corrected chi connectivity index (χ1v) is 7.38. The molecule has 0 aliphatic carbocycles. The summed E-state index contributed by atoms with van der Waals surface area (Å²) in [7, 11) is 0. The summed E-state index contributed by atoms with van der Waals surface area (Å²) in [5, 5.41) is 12.5. The van der Waals surface area contributed by atoms with Crippen molar-refractivity contribution in [2.24, 2.45) is 0 Å². The lowest BCUT2D eigenvalue weighted by Gasteiger charge is -2.32. The molecule has 1 N–H and O–H groups in total. The predicted molar refractivity (Wildman–Crippen MR) is 75.5 cm³/mol. The number of aliphatic carboxylic acids is 1. The molecular formula is C14H18F3N3O4. The van der Waals surface area contributed by atoms with Crippen LogP contribution < -0.4 is 0 Å². The molecule has 1 aliphatic rings. The van der Waals surface area contributed by atoms with Crippen LogP contribution in [0.2, 0.25) is 0 Å². The maximum absolute atomic E-state index is 13.3. The van der Waals surface area contributed by atoms with Gasteiger partial charge in [0.05, 0.1) is 30.9 Å². The normalized spacial score (nSPS) is 18.9. The number of nitrogens with zero attached hydrogens (tertiary/aromatic N) is 3. The zero-order valence-electron chi connectivity index (χ0n) is 13.2. The van der Waals surface area contributed by atoms with Crippen molar-refractivity contribution in [3.8, 4) is 0 Å². The molecule has 10 heteroatoms. The second kappa shape index (κ2) is 6.80. The number of carbonyl (C=O) groups excluding carboxylic acids is 1. The van der Waals surface area contributed by atoms with Gasteiger partial charge in [-0.25, -0.2) is 0 Å². The fraction of sp³-hybridized carbons (Fsp3) is 0.643. The van der Waals surface area contributed by atoms with E-state index in [-0.39, 0.29) is 26.1 Å². The first kappa shape index (κ1) is 18.2. The Hall–Kier alpha value is -2.10. The van der Waals surface area contributed by atoms with Crippen molar-refractivity contribution in [1.29, 1.82) is 0 Å². The van der Waals surface area contributed by atoms with Crippen molar-refractivity contribution in [3.05, 3.63) is 17.5 Å². The third-order valence-corrected chi connectivity index (χ3v) is 3.61. The zero-order valence-corrected chi connectivity index (χ0v) is 13.2. The van der Waals surface area contributed by atoms with Crippen LogP contribution in [0, 0.1) is 0 Å². The summed E-state index contributed by atoms with van der Waals surface area (Å²) in [5.41, 5.74) is -1.63. The van der Waals surface area contributed by atoms with E-state index in [4.69, 9.17) is 9.84 Å². The van der Waals surface area contributed by atoms with Gasteiger partial charge in [0.1, 0.15) is 0 Å². The Balaban J connectivity index is 2.28. The van der Waals surface area contributed by atoms with Gasteiger partial charge in [0.25, 0.3) is 5.91 Å². The van der Waals surface area contributed by atoms with Crippen LogP contribution in [-0.2, 0) is 15.7 Å². The van der Waals surface area contributed by atoms with Gasteiger partial charge in [-0.3, -0.25) is 14.3 Å². The maximum Gasteiger partial charge on any atom is 0.433 e. The number of amides is 1. The molecule has 7 nitrogen and oxygen atoms in total. The Morgan fingerprint density at radius 2 is 2.12 bits per heavy atom. The molecular weight excluding hydrogens is 331 g/mol. The summed E-state index contributed by atoms with van der Waals surface area (Å²) >= 11 is 0. The number of carboxylic acid groups (broad SMARTS) is 1. The van der Waals surface area contributed by atoms with E-state index >= 15 is 0 Å². The second-order valence-corrected chi connectivity index (χ2v) is 5.78. The summed E-state index contributed by atoms with van der Waals surface area (Å²) in [6.07, 6.45) is -4.87. The molecule has 1 saturated heterocycles. The van der Waals surface area contributed by atoms with Crippen molar-refractivity contribution in [2.75, 3.05) is 19.7 Å². The Kier molecular flexibility index (Phi) is 5.16. The highest BCUT2D eigenvalue weighted by Crippen LogP contribution is 2.34. The van der Waals surface area contributed by atoms with Gasteiger partial charge in [-0.2, -0.15) is 18.3 Å². The van der Waals surface area contributed by atoms with Crippen LogP contribution in [0.3, 0.4) is 0 Å². The first-order chi connectivity index (χ1) is 11.1.